The Labute approximate surface area is 146 Å². The molecule has 7 heteroatoms. The quantitative estimate of drug-likeness (QED) is 0.546. The average molecular weight is 387 g/mol. The molecule has 0 aliphatic rings. The molecule has 0 amide bonds. The lowest BCUT2D eigenvalue weighted by Gasteiger charge is -2.18. The van der Waals surface area contributed by atoms with Crippen LogP contribution in [0.5, 0.6) is 0 Å². The van der Waals surface area contributed by atoms with E-state index in [1.54, 1.807) is 12.1 Å². The Morgan fingerprint density at radius 3 is 2.05 bits per heavy atom. The lowest BCUT2D eigenvalue weighted by atomic mass is 10.1. The van der Waals surface area contributed by atoms with Gasteiger partial charge in [0.25, 0.3) is 0 Å². The van der Waals surface area contributed by atoms with Gasteiger partial charge in [0.15, 0.2) is 5.82 Å². The molecule has 0 bridgehead atoms. The first kappa shape index (κ1) is 17.0. The van der Waals surface area contributed by atoms with Crippen LogP contribution in [-0.2, 0) is 0 Å². The first-order chi connectivity index (χ1) is 9.81. The Morgan fingerprint density at radius 1 is 0.905 bits per heavy atom. The highest BCUT2D eigenvalue weighted by Gasteiger charge is 2.15. The summed E-state index contributed by atoms with van der Waals surface area (Å²) in [6.45, 7) is 1.87. The van der Waals surface area contributed by atoms with Crippen molar-refractivity contribution in [3.8, 4) is 0 Å². The summed E-state index contributed by atoms with van der Waals surface area (Å²) in [6.07, 6.45) is 0. The monoisotopic (exact) mass is 385 g/mol. The second-order valence-corrected chi connectivity index (χ2v) is 6.36. The van der Waals surface area contributed by atoms with E-state index in [0.717, 1.165) is 5.56 Å². The number of hydrogen-bond donors (Lipinski definition) is 1. The van der Waals surface area contributed by atoms with E-state index in [0.29, 0.717) is 20.8 Å². The fraction of sp³-hybridized carbons (Fsp3) is 0.143. The second kappa shape index (κ2) is 6.80. The van der Waals surface area contributed by atoms with Gasteiger partial charge in [0, 0.05) is 5.69 Å². The molecule has 0 fully saturated rings. The van der Waals surface area contributed by atoms with Crippen molar-refractivity contribution in [3.63, 3.8) is 0 Å². The first-order valence-electron chi connectivity index (χ1n) is 5.85. The lowest BCUT2D eigenvalue weighted by Crippen LogP contribution is -2.07. The molecule has 112 valence electrons. The van der Waals surface area contributed by atoms with Crippen molar-refractivity contribution < 1.29 is 4.39 Å². The summed E-state index contributed by atoms with van der Waals surface area (Å²) in [5, 5.41) is 4.05. The Kier molecular flexibility index (Phi) is 5.50. The third-order valence-corrected chi connectivity index (χ3v) is 4.76. The van der Waals surface area contributed by atoms with E-state index in [1.165, 1.54) is 12.1 Å². The Bertz CT molecular complexity index is 666. The molecule has 2 aromatic carbocycles. The van der Waals surface area contributed by atoms with Crippen molar-refractivity contribution in [3.05, 3.63) is 60.8 Å². The molecule has 21 heavy (non-hydrogen) atoms. The van der Waals surface area contributed by atoms with E-state index in [2.05, 4.69) is 5.32 Å². The van der Waals surface area contributed by atoms with Crippen LogP contribution in [0.25, 0.3) is 0 Å². The smallest absolute Gasteiger partial charge is 0.160 e. The van der Waals surface area contributed by atoms with Gasteiger partial charge in [-0.05, 0) is 30.7 Å². The lowest BCUT2D eigenvalue weighted by molar-refractivity contribution is 0.628. The normalized spacial score (nSPS) is 12.3. The molecule has 0 saturated carbocycles. The SMILES string of the molecule is CC(Nc1cc(Cl)c(F)c(Cl)c1)c1ccc(Cl)c(Cl)c1Cl. The van der Waals surface area contributed by atoms with Crippen LogP contribution in [-0.4, -0.2) is 0 Å². The van der Waals surface area contributed by atoms with Crippen molar-refractivity contribution in [2.45, 2.75) is 13.0 Å². The van der Waals surface area contributed by atoms with Gasteiger partial charge in [-0.25, -0.2) is 4.39 Å². The van der Waals surface area contributed by atoms with Crippen LogP contribution in [0, 0.1) is 5.82 Å². The van der Waals surface area contributed by atoms with Gasteiger partial charge in [-0.3, -0.25) is 0 Å². The molecule has 1 N–H and O–H groups in total. The molecular weight excluding hydrogens is 378 g/mol. The summed E-state index contributed by atoms with van der Waals surface area (Å²) in [5.74, 6) is -0.649. The van der Waals surface area contributed by atoms with Crippen LogP contribution in [0.3, 0.4) is 0 Å². The van der Waals surface area contributed by atoms with E-state index < -0.39 is 5.82 Å². The molecule has 2 rings (SSSR count). The topological polar surface area (TPSA) is 12.0 Å². The molecule has 1 nitrogen and oxygen atoms in total. The van der Waals surface area contributed by atoms with Crippen LogP contribution in [0.15, 0.2) is 24.3 Å². The molecule has 0 spiro atoms. The van der Waals surface area contributed by atoms with E-state index in [-0.39, 0.29) is 16.1 Å². The summed E-state index contributed by atoms with van der Waals surface area (Å²) in [6, 6.07) is 6.12. The van der Waals surface area contributed by atoms with Crippen molar-refractivity contribution in [2.75, 3.05) is 5.32 Å². The van der Waals surface area contributed by atoms with Crippen LogP contribution < -0.4 is 5.32 Å². The molecular formula is C14H9Cl5FN. The van der Waals surface area contributed by atoms with Gasteiger partial charge in [-0.1, -0.05) is 64.1 Å². The molecule has 0 radical (unpaired) electrons. The zero-order valence-electron chi connectivity index (χ0n) is 10.7. The van der Waals surface area contributed by atoms with Gasteiger partial charge >= 0.3 is 0 Å². The summed E-state index contributed by atoms with van der Waals surface area (Å²) >= 11 is 29.6. The van der Waals surface area contributed by atoms with Crippen molar-refractivity contribution in [2.24, 2.45) is 0 Å². The minimum absolute atomic E-state index is 0.0579. The highest BCUT2D eigenvalue weighted by Crippen LogP contribution is 2.37. The molecule has 0 aliphatic heterocycles. The fourth-order valence-corrected chi connectivity index (χ4v) is 3.04. The Balaban J connectivity index is 2.30. The average Bonchev–Trinajstić information content (AvgIpc) is 2.42. The molecule has 1 atom stereocenters. The largest absolute Gasteiger partial charge is 0.378 e. The van der Waals surface area contributed by atoms with Crippen LogP contribution in [0.4, 0.5) is 10.1 Å². The number of benzene rings is 2. The summed E-state index contributed by atoms with van der Waals surface area (Å²) < 4.78 is 13.4. The van der Waals surface area contributed by atoms with Gasteiger partial charge < -0.3 is 5.32 Å². The van der Waals surface area contributed by atoms with Gasteiger partial charge in [0.05, 0.1) is 31.2 Å². The summed E-state index contributed by atoms with van der Waals surface area (Å²) in [7, 11) is 0. The van der Waals surface area contributed by atoms with E-state index in [9.17, 15) is 4.39 Å². The number of nitrogens with one attached hydrogen (secondary N) is 1. The molecule has 2 aromatic rings. The van der Waals surface area contributed by atoms with Crippen LogP contribution in [0.1, 0.15) is 18.5 Å². The zero-order valence-corrected chi connectivity index (χ0v) is 14.4. The van der Waals surface area contributed by atoms with Gasteiger partial charge in [0.2, 0.25) is 0 Å². The molecule has 0 saturated heterocycles. The maximum Gasteiger partial charge on any atom is 0.160 e. The van der Waals surface area contributed by atoms with E-state index in [1.807, 2.05) is 6.92 Å². The summed E-state index contributed by atoms with van der Waals surface area (Å²) in [4.78, 5) is 0. The molecule has 1 unspecified atom stereocenters. The van der Waals surface area contributed by atoms with Gasteiger partial charge in [-0.2, -0.15) is 0 Å². The number of anilines is 1. The molecule has 0 aromatic heterocycles. The minimum atomic E-state index is -0.649. The Morgan fingerprint density at radius 2 is 1.48 bits per heavy atom. The number of hydrogen-bond acceptors (Lipinski definition) is 1. The number of rotatable bonds is 3. The zero-order chi connectivity index (χ0) is 15.7. The van der Waals surface area contributed by atoms with Crippen molar-refractivity contribution >= 4 is 63.7 Å². The standard InChI is InChI=1S/C14H9Cl5FN/c1-6(8-2-3-9(15)13(19)12(8)18)21-7-4-10(16)14(20)11(17)5-7/h2-6,21H,1H3. The summed E-state index contributed by atoms with van der Waals surface area (Å²) in [5.41, 5.74) is 1.32. The third kappa shape index (κ3) is 3.69. The second-order valence-electron chi connectivity index (χ2n) is 4.38. The molecule has 0 heterocycles. The highest BCUT2D eigenvalue weighted by atomic mass is 35.5. The van der Waals surface area contributed by atoms with Crippen molar-refractivity contribution in [1.82, 2.24) is 0 Å². The molecule has 0 aliphatic carbocycles. The van der Waals surface area contributed by atoms with E-state index in [4.69, 9.17) is 58.0 Å². The highest BCUT2D eigenvalue weighted by molar-refractivity contribution is 6.48. The van der Waals surface area contributed by atoms with Crippen LogP contribution >= 0.6 is 58.0 Å². The maximum absolute atomic E-state index is 13.4. The van der Waals surface area contributed by atoms with Crippen LogP contribution in [0.2, 0.25) is 25.1 Å². The maximum atomic E-state index is 13.4. The van der Waals surface area contributed by atoms with Gasteiger partial charge in [0.1, 0.15) is 0 Å². The van der Waals surface area contributed by atoms with Crippen molar-refractivity contribution in [1.29, 1.82) is 0 Å². The third-order valence-electron chi connectivity index (χ3n) is 2.90. The first-order valence-corrected chi connectivity index (χ1v) is 7.74. The number of halogens is 6. The van der Waals surface area contributed by atoms with Gasteiger partial charge in [-0.15, -0.1) is 0 Å². The predicted molar refractivity (Wildman–Crippen MR) is 89.9 cm³/mol. The fourth-order valence-electron chi connectivity index (χ4n) is 1.84. The Hall–Kier alpha value is -0.380. The minimum Gasteiger partial charge on any atom is -0.378 e. The predicted octanol–water partition coefficient (Wildman–Crippen LogP) is 7.27. The van der Waals surface area contributed by atoms with E-state index >= 15 is 0 Å².